The maximum Gasteiger partial charge on any atom is 0.313 e. The van der Waals surface area contributed by atoms with E-state index >= 15 is 0 Å². The molecule has 0 aliphatic rings. The molecule has 124 valence electrons. The van der Waals surface area contributed by atoms with E-state index in [-0.39, 0.29) is 5.75 Å². The molecule has 24 heavy (non-hydrogen) atoms. The zero-order chi connectivity index (χ0) is 16.9. The SMILES string of the molecule is O=C(O)CSc1nc2ccccc2n1CCOc1ccc(Cl)cc1. The number of hydrogen-bond acceptors (Lipinski definition) is 4. The molecule has 1 N–H and O–H groups in total. The molecule has 0 atom stereocenters. The van der Waals surface area contributed by atoms with Gasteiger partial charge in [0.15, 0.2) is 5.16 Å². The second kappa shape index (κ2) is 7.59. The Bertz CT molecular complexity index is 849. The predicted octanol–water partition coefficient (Wildman–Crippen LogP) is 3.95. The number of ether oxygens (including phenoxy) is 1. The highest BCUT2D eigenvalue weighted by Crippen LogP contribution is 2.24. The fourth-order valence-electron chi connectivity index (χ4n) is 2.29. The predicted molar refractivity (Wildman–Crippen MR) is 95.0 cm³/mol. The molecule has 7 heteroatoms. The van der Waals surface area contributed by atoms with Crippen molar-refractivity contribution in [1.82, 2.24) is 9.55 Å². The number of halogens is 1. The van der Waals surface area contributed by atoms with E-state index in [1.54, 1.807) is 12.1 Å². The molecule has 1 aromatic heterocycles. The lowest BCUT2D eigenvalue weighted by atomic mass is 10.3. The number of rotatable bonds is 7. The van der Waals surface area contributed by atoms with Crippen LogP contribution in [0.5, 0.6) is 5.75 Å². The van der Waals surface area contributed by atoms with Crippen molar-refractivity contribution in [3.05, 3.63) is 53.6 Å². The monoisotopic (exact) mass is 362 g/mol. The van der Waals surface area contributed by atoms with Crippen molar-refractivity contribution >= 4 is 40.4 Å². The molecule has 3 aromatic rings. The minimum Gasteiger partial charge on any atom is -0.492 e. The highest BCUT2D eigenvalue weighted by Gasteiger charge is 2.12. The van der Waals surface area contributed by atoms with E-state index in [9.17, 15) is 4.79 Å². The number of carboxylic acids is 1. The third-order valence-electron chi connectivity index (χ3n) is 3.34. The number of imidazole rings is 1. The van der Waals surface area contributed by atoms with E-state index in [1.165, 1.54) is 11.8 Å². The number of fused-ring (bicyclic) bond motifs is 1. The molecule has 5 nitrogen and oxygen atoms in total. The number of aliphatic carboxylic acids is 1. The lowest BCUT2D eigenvalue weighted by Crippen LogP contribution is -2.10. The van der Waals surface area contributed by atoms with Crippen molar-refractivity contribution in [3.63, 3.8) is 0 Å². The van der Waals surface area contributed by atoms with E-state index in [1.807, 2.05) is 41.0 Å². The summed E-state index contributed by atoms with van der Waals surface area (Å²) in [5.74, 6) is -0.152. The van der Waals surface area contributed by atoms with Gasteiger partial charge in [0.05, 0.1) is 23.3 Å². The van der Waals surface area contributed by atoms with Gasteiger partial charge in [-0.15, -0.1) is 0 Å². The Hall–Kier alpha value is -2.18. The Labute approximate surface area is 148 Å². The summed E-state index contributed by atoms with van der Waals surface area (Å²) in [6.07, 6.45) is 0. The summed E-state index contributed by atoms with van der Waals surface area (Å²) in [5.41, 5.74) is 1.81. The van der Waals surface area contributed by atoms with Crippen LogP contribution in [-0.2, 0) is 11.3 Å². The highest BCUT2D eigenvalue weighted by molar-refractivity contribution is 7.99. The topological polar surface area (TPSA) is 64.3 Å². The van der Waals surface area contributed by atoms with Crippen LogP contribution in [0.3, 0.4) is 0 Å². The molecular formula is C17H15ClN2O3S. The third-order valence-corrected chi connectivity index (χ3v) is 4.55. The van der Waals surface area contributed by atoms with Gasteiger partial charge in [-0.3, -0.25) is 4.79 Å². The van der Waals surface area contributed by atoms with Gasteiger partial charge >= 0.3 is 5.97 Å². The molecular weight excluding hydrogens is 348 g/mol. The lowest BCUT2D eigenvalue weighted by Gasteiger charge is -2.10. The van der Waals surface area contributed by atoms with E-state index in [0.717, 1.165) is 16.8 Å². The number of thioether (sulfide) groups is 1. The molecule has 0 spiro atoms. The standard InChI is InChI=1S/C17H15ClN2O3S/c18-12-5-7-13(8-6-12)23-10-9-20-15-4-2-1-3-14(15)19-17(20)24-11-16(21)22/h1-8H,9-11H2,(H,21,22). The summed E-state index contributed by atoms with van der Waals surface area (Å²) >= 11 is 7.06. The number of hydrogen-bond donors (Lipinski definition) is 1. The number of nitrogens with zero attached hydrogens (tertiary/aromatic N) is 2. The van der Waals surface area contributed by atoms with Crippen molar-refractivity contribution in [2.75, 3.05) is 12.4 Å². The van der Waals surface area contributed by atoms with Crippen LogP contribution in [0.4, 0.5) is 0 Å². The second-order valence-electron chi connectivity index (χ2n) is 5.02. The normalized spacial score (nSPS) is 10.9. The second-order valence-corrected chi connectivity index (χ2v) is 6.40. The first-order valence-corrected chi connectivity index (χ1v) is 8.68. The minimum absolute atomic E-state index is 0.0264. The van der Waals surface area contributed by atoms with Crippen LogP contribution >= 0.6 is 23.4 Å². The Morgan fingerprint density at radius 1 is 1.21 bits per heavy atom. The summed E-state index contributed by atoms with van der Waals surface area (Å²) < 4.78 is 7.72. The highest BCUT2D eigenvalue weighted by atomic mass is 35.5. The molecule has 0 amide bonds. The molecule has 0 unspecified atom stereocenters. The largest absolute Gasteiger partial charge is 0.492 e. The number of para-hydroxylation sites is 2. The first-order valence-electron chi connectivity index (χ1n) is 7.32. The first kappa shape index (κ1) is 16.7. The van der Waals surface area contributed by atoms with Gasteiger partial charge in [-0.1, -0.05) is 35.5 Å². The number of benzene rings is 2. The molecule has 0 bridgehead atoms. The molecule has 0 aliphatic carbocycles. The van der Waals surface area contributed by atoms with Gasteiger partial charge in [-0.2, -0.15) is 0 Å². The molecule has 0 saturated heterocycles. The van der Waals surface area contributed by atoms with Gasteiger partial charge in [0.2, 0.25) is 0 Å². The van der Waals surface area contributed by atoms with Crippen LogP contribution in [0.1, 0.15) is 0 Å². The fourth-order valence-corrected chi connectivity index (χ4v) is 3.18. The van der Waals surface area contributed by atoms with Crippen molar-refractivity contribution in [2.24, 2.45) is 0 Å². The van der Waals surface area contributed by atoms with Crippen molar-refractivity contribution in [2.45, 2.75) is 11.7 Å². The summed E-state index contributed by atoms with van der Waals surface area (Å²) in [4.78, 5) is 15.3. The number of carbonyl (C=O) groups is 1. The Balaban J connectivity index is 1.75. The molecule has 0 aliphatic heterocycles. The minimum atomic E-state index is -0.865. The van der Waals surface area contributed by atoms with Crippen LogP contribution in [0.15, 0.2) is 53.7 Å². The van der Waals surface area contributed by atoms with Gasteiger partial charge < -0.3 is 14.4 Å². The van der Waals surface area contributed by atoms with Crippen LogP contribution < -0.4 is 4.74 Å². The van der Waals surface area contributed by atoms with Crippen molar-refractivity contribution in [3.8, 4) is 5.75 Å². The van der Waals surface area contributed by atoms with E-state index in [2.05, 4.69) is 4.98 Å². The molecule has 0 fully saturated rings. The maximum atomic E-state index is 10.8. The zero-order valence-corrected chi connectivity index (χ0v) is 14.3. The van der Waals surface area contributed by atoms with Gasteiger partial charge in [-0.05, 0) is 36.4 Å². The van der Waals surface area contributed by atoms with Gasteiger partial charge in [0, 0.05) is 5.02 Å². The van der Waals surface area contributed by atoms with Crippen molar-refractivity contribution in [1.29, 1.82) is 0 Å². The molecule has 3 rings (SSSR count). The van der Waals surface area contributed by atoms with E-state index in [4.69, 9.17) is 21.4 Å². The smallest absolute Gasteiger partial charge is 0.313 e. The first-order chi connectivity index (χ1) is 11.6. The zero-order valence-electron chi connectivity index (χ0n) is 12.7. The number of aromatic nitrogens is 2. The van der Waals surface area contributed by atoms with Crippen molar-refractivity contribution < 1.29 is 14.6 Å². The summed E-state index contributed by atoms with van der Waals surface area (Å²) in [6.45, 7) is 1.02. The van der Waals surface area contributed by atoms with Crippen LogP contribution in [0.2, 0.25) is 5.02 Å². The molecule has 1 heterocycles. The average Bonchev–Trinajstić information content (AvgIpc) is 2.93. The summed E-state index contributed by atoms with van der Waals surface area (Å²) in [7, 11) is 0. The van der Waals surface area contributed by atoms with Gasteiger partial charge in [0.25, 0.3) is 0 Å². The number of carboxylic acid groups (broad SMARTS) is 1. The van der Waals surface area contributed by atoms with Gasteiger partial charge in [-0.25, -0.2) is 4.98 Å². The summed E-state index contributed by atoms with van der Waals surface area (Å²) in [5, 5.41) is 10.2. The third kappa shape index (κ3) is 4.01. The van der Waals surface area contributed by atoms with E-state index in [0.29, 0.717) is 23.3 Å². The van der Waals surface area contributed by atoms with Crippen LogP contribution in [0.25, 0.3) is 11.0 Å². The Morgan fingerprint density at radius 3 is 2.71 bits per heavy atom. The van der Waals surface area contributed by atoms with Crippen LogP contribution in [-0.4, -0.2) is 33.0 Å². The van der Waals surface area contributed by atoms with E-state index < -0.39 is 5.97 Å². The molecule has 2 aromatic carbocycles. The van der Waals surface area contributed by atoms with Gasteiger partial charge in [0.1, 0.15) is 12.4 Å². The maximum absolute atomic E-state index is 10.8. The quantitative estimate of drug-likeness (QED) is 0.645. The Morgan fingerprint density at radius 2 is 1.96 bits per heavy atom. The average molecular weight is 363 g/mol. The van der Waals surface area contributed by atoms with Crippen LogP contribution in [0, 0.1) is 0 Å². The summed E-state index contributed by atoms with van der Waals surface area (Å²) in [6, 6.07) is 14.9. The molecule has 0 radical (unpaired) electrons. The fraction of sp³-hybridized carbons (Fsp3) is 0.176. The lowest BCUT2D eigenvalue weighted by molar-refractivity contribution is -0.133. The molecule has 0 saturated carbocycles. The Kier molecular flexibility index (Phi) is 5.27.